The maximum absolute atomic E-state index is 13.1. The third-order valence-electron chi connectivity index (χ3n) is 2.37. The second kappa shape index (κ2) is 4.71. The van der Waals surface area contributed by atoms with Crippen LogP contribution in [0, 0.1) is 16.3 Å². The zero-order valence-corrected chi connectivity index (χ0v) is 9.94. The number of H-pyrrole nitrogens is 1. The first-order valence-electron chi connectivity index (χ1n) is 5.16. The molecule has 0 aliphatic carbocycles. The van der Waals surface area contributed by atoms with E-state index in [9.17, 15) is 8.78 Å². The lowest BCUT2D eigenvalue weighted by Crippen LogP contribution is -1.96. The molecule has 0 fully saturated rings. The summed E-state index contributed by atoms with van der Waals surface area (Å²) >= 11 is 5.01. The van der Waals surface area contributed by atoms with Gasteiger partial charge in [0.1, 0.15) is 10.5 Å². The number of aryl methyl sites for hydroxylation is 1. The molecular formula is C12H10F2N2S. The van der Waals surface area contributed by atoms with Crippen LogP contribution in [0.3, 0.4) is 0 Å². The van der Waals surface area contributed by atoms with E-state index in [1.54, 1.807) is 6.07 Å². The highest BCUT2D eigenvalue weighted by Crippen LogP contribution is 2.18. The third-order valence-corrected chi connectivity index (χ3v) is 2.58. The fraction of sp³-hybridized carbons (Fsp3) is 0.167. The van der Waals surface area contributed by atoms with Gasteiger partial charge >= 0.3 is 0 Å². The zero-order valence-electron chi connectivity index (χ0n) is 9.13. The van der Waals surface area contributed by atoms with Crippen molar-refractivity contribution < 1.29 is 8.78 Å². The molecule has 2 aromatic rings. The highest BCUT2D eigenvalue weighted by atomic mass is 32.1. The van der Waals surface area contributed by atoms with E-state index < -0.39 is 11.6 Å². The first kappa shape index (κ1) is 11.9. The number of aromatic nitrogens is 2. The van der Waals surface area contributed by atoms with Gasteiger partial charge in [0.2, 0.25) is 0 Å². The number of nitrogens with one attached hydrogen (secondary N) is 1. The third kappa shape index (κ3) is 2.55. The topological polar surface area (TPSA) is 28.7 Å². The molecule has 0 unspecified atom stereocenters. The van der Waals surface area contributed by atoms with Crippen LogP contribution in [0.4, 0.5) is 8.78 Å². The predicted octanol–water partition coefficient (Wildman–Crippen LogP) is 3.65. The Morgan fingerprint density at radius 2 is 2.00 bits per heavy atom. The summed E-state index contributed by atoms with van der Waals surface area (Å²) < 4.78 is 26.3. The van der Waals surface area contributed by atoms with Crippen LogP contribution < -0.4 is 0 Å². The summed E-state index contributed by atoms with van der Waals surface area (Å²) in [7, 11) is 0. The van der Waals surface area contributed by atoms with Gasteiger partial charge in [0.15, 0.2) is 11.6 Å². The molecule has 0 amide bonds. The lowest BCUT2D eigenvalue weighted by molar-refractivity contribution is 0.509. The molecule has 17 heavy (non-hydrogen) atoms. The van der Waals surface area contributed by atoms with Gasteiger partial charge in [-0.3, -0.25) is 0 Å². The van der Waals surface area contributed by atoms with Crippen molar-refractivity contribution in [2.24, 2.45) is 0 Å². The van der Waals surface area contributed by atoms with Gasteiger partial charge in [0, 0.05) is 11.3 Å². The minimum absolute atomic E-state index is 0.431. The van der Waals surface area contributed by atoms with Crippen LogP contribution in [-0.4, -0.2) is 9.97 Å². The summed E-state index contributed by atoms with van der Waals surface area (Å²) in [4.78, 5) is 7.12. The van der Waals surface area contributed by atoms with Crippen LogP contribution in [0.2, 0.25) is 0 Å². The van der Waals surface area contributed by atoms with Gasteiger partial charge in [0.25, 0.3) is 0 Å². The standard InChI is InChI=1S/C12H10F2N2S/c1-2-8-6-11(17)16-12(15-8)7-3-4-9(13)10(14)5-7/h3-6H,2H2,1H3,(H,15,16,17). The van der Waals surface area contributed by atoms with Crippen LogP contribution in [0.1, 0.15) is 12.6 Å². The first-order chi connectivity index (χ1) is 8.10. The van der Waals surface area contributed by atoms with E-state index in [1.165, 1.54) is 6.07 Å². The van der Waals surface area contributed by atoms with E-state index in [0.29, 0.717) is 16.0 Å². The molecule has 1 aromatic heterocycles. The molecule has 0 bridgehead atoms. The summed E-state index contributed by atoms with van der Waals surface area (Å²) in [6.45, 7) is 1.97. The lowest BCUT2D eigenvalue weighted by Gasteiger charge is -2.04. The van der Waals surface area contributed by atoms with E-state index in [-0.39, 0.29) is 0 Å². The molecule has 2 nitrogen and oxygen atoms in total. The Morgan fingerprint density at radius 3 is 2.65 bits per heavy atom. The molecule has 0 aliphatic heterocycles. The van der Waals surface area contributed by atoms with Crippen molar-refractivity contribution in [1.29, 1.82) is 0 Å². The molecule has 0 spiro atoms. The second-order valence-corrected chi connectivity index (χ2v) is 3.99. The van der Waals surface area contributed by atoms with Crippen molar-refractivity contribution in [3.8, 4) is 11.4 Å². The van der Waals surface area contributed by atoms with E-state index in [2.05, 4.69) is 9.97 Å². The van der Waals surface area contributed by atoms with Crippen LogP contribution in [0.15, 0.2) is 24.3 Å². The van der Waals surface area contributed by atoms with Crippen molar-refractivity contribution >= 4 is 12.2 Å². The van der Waals surface area contributed by atoms with Gasteiger partial charge in [-0.2, -0.15) is 0 Å². The summed E-state index contributed by atoms with van der Waals surface area (Å²) in [6, 6.07) is 5.38. The lowest BCUT2D eigenvalue weighted by atomic mass is 10.2. The number of benzene rings is 1. The Balaban J connectivity index is 2.55. The summed E-state index contributed by atoms with van der Waals surface area (Å²) in [5, 5.41) is 0. The maximum atomic E-state index is 13.1. The number of hydrogen-bond donors (Lipinski definition) is 1. The zero-order chi connectivity index (χ0) is 12.4. The molecule has 2 rings (SSSR count). The Kier molecular flexibility index (Phi) is 3.28. The fourth-order valence-electron chi connectivity index (χ4n) is 1.48. The summed E-state index contributed by atoms with van der Waals surface area (Å²) in [6.07, 6.45) is 0.767. The Hall–Kier alpha value is -1.62. The van der Waals surface area contributed by atoms with E-state index >= 15 is 0 Å². The van der Waals surface area contributed by atoms with Crippen molar-refractivity contribution in [2.75, 3.05) is 0 Å². The molecule has 1 aromatic carbocycles. The quantitative estimate of drug-likeness (QED) is 0.826. The van der Waals surface area contributed by atoms with Crippen molar-refractivity contribution in [3.05, 3.63) is 46.2 Å². The maximum Gasteiger partial charge on any atom is 0.159 e. The van der Waals surface area contributed by atoms with Crippen molar-refractivity contribution in [3.63, 3.8) is 0 Å². The molecule has 0 aliphatic rings. The van der Waals surface area contributed by atoms with Gasteiger partial charge in [-0.15, -0.1) is 0 Å². The van der Waals surface area contributed by atoms with Gasteiger partial charge in [-0.25, -0.2) is 13.8 Å². The van der Waals surface area contributed by atoms with Gasteiger partial charge in [0.05, 0.1) is 0 Å². The average molecular weight is 252 g/mol. The molecular weight excluding hydrogens is 242 g/mol. The summed E-state index contributed by atoms with van der Waals surface area (Å²) in [5.74, 6) is -1.32. The fourth-order valence-corrected chi connectivity index (χ4v) is 1.71. The molecule has 0 saturated carbocycles. The number of nitrogens with zero attached hydrogens (tertiary/aromatic N) is 1. The van der Waals surface area contributed by atoms with Gasteiger partial charge < -0.3 is 4.98 Å². The SMILES string of the molecule is CCc1cc(=S)nc(-c2ccc(F)c(F)c2)[nH]1. The summed E-state index contributed by atoms with van der Waals surface area (Å²) in [5.41, 5.74) is 1.38. The Morgan fingerprint density at radius 1 is 1.24 bits per heavy atom. The highest BCUT2D eigenvalue weighted by molar-refractivity contribution is 7.71. The van der Waals surface area contributed by atoms with E-state index in [1.807, 2.05) is 6.92 Å². The normalized spacial score (nSPS) is 10.5. The Bertz CT molecular complexity index is 608. The Labute approximate surface area is 102 Å². The van der Waals surface area contributed by atoms with Crippen LogP contribution >= 0.6 is 12.2 Å². The average Bonchev–Trinajstić information content (AvgIpc) is 2.32. The van der Waals surface area contributed by atoms with Crippen LogP contribution in [-0.2, 0) is 6.42 Å². The van der Waals surface area contributed by atoms with Crippen molar-refractivity contribution in [2.45, 2.75) is 13.3 Å². The first-order valence-corrected chi connectivity index (χ1v) is 5.56. The molecule has 88 valence electrons. The number of hydrogen-bond acceptors (Lipinski definition) is 2. The molecule has 1 heterocycles. The molecule has 5 heteroatoms. The molecule has 0 atom stereocenters. The predicted molar refractivity (Wildman–Crippen MR) is 64.2 cm³/mol. The van der Waals surface area contributed by atoms with Gasteiger partial charge in [-0.05, 0) is 30.7 Å². The van der Waals surface area contributed by atoms with E-state index in [0.717, 1.165) is 24.2 Å². The number of aromatic amines is 1. The number of halogens is 2. The largest absolute Gasteiger partial charge is 0.343 e. The van der Waals surface area contributed by atoms with Crippen LogP contribution in [0.25, 0.3) is 11.4 Å². The minimum Gasteiger partial charge on any atom is -0.343 e. The van der Waals surface area contributed by atoms with Gasteiger partial charge in [-0.1, -0.05) is 19.1 Å². The molecule has 0 saturated heterocycles. The molecule has 1 N–H and O–H groups in total. The van der Waals surface area contributed by atoms with Crippen molar-refractivity contribution in [1.82, 2.24) is 9.97 Å². The monoisotopic (exact) mass is 252 g/mol. The van der Waals surface area contributed by atoms with Crippen LogP contribution in [0.5, 0.6) is 0 Å². The highest BCUT2D eigenvalue weighted by Gasteiger charge is 2.06. The van der Waals surface area contributed by atoms with E-state index in [4.69, 9.17) is 12.2 Å². The second-order valence-electron chi connectivity index (χ2n) is 3.58. The smallest absolute Gasteiger partial charge is 0.159 e. The minimum atomic E-state index is -0.898. The number of rotatable bonds is 2. The molecule has 0 radical (unpaired) electrons.